The van der Waals surface area contributed by atoms with Crippen LogP contribution in [0.4, 0.5) is 19.1 Å². The molecule has 0 spiro atoms. The zero-order valence-corrected chi connectivity index (χ0v) is 19.9. The normalized spacial score (nSPS) is 16.0. The number of aromatic nitrogens is 4. The third-order valence-electron chi connectivity index (χ3n) is 5.88. The van der Waals surface area contributed by atoms with Gasteiger partial charge in [0.25, 0.3) is 0 Å². The Morgan fingerprint density at radius 3 is 2.49 bits per heavy atom. The van der Waals surface area contributed by atoms with E-state index in [1.165, 1.54) is 19.4 Å². The molecule has 1 atom stereocenters. The monoisotopic (exact) mass is 490 g/mol. The van der Waals surface area contributed by atoms with Crippen LogP contribution in [-0.4, -0.2) is 68.1 Å². The Morgan fingerprint density at radius 2 is 1.89 bits per heavy atom. The molecule has 0 bridgehead atoms. The maximum atomic E-state index is 10.6. The van der Waals surface area contributed by atoms with Crippen molar-refractivity contribution in [1.82, 2.24) is 24.6 Å². The number of nitrogens with zero attached hydrogens (tertiary/aromatic N) is 5. The molecular formula is C24H29F3N6O2. The molecule has 1 aliphatic heterocycles. The van der Waals surface area contributed by atoms with E-state index < -0.39 is 12.1 Å². The number of aliphatic carboxylic acids is 1. The summed E-state index contributed by atoms with van der Waals surface area (Å²) < 4.78 is 33.7. The molecule has 3 heterocycles. The molecule has 1 saturated heterocycles. The van der Waals surface area contributed by atoms with Crippen LogP contribution in [0.5, 0.6) is 0 Å². The highest BCUT2D eigenvalue weighted by molar-refractivity contribution is 5.73. The molecular weight excluding hydrogens is 461 g/mol. The Morgan fingerprint density at radius 1 is 1.20 bits per heavy atom. The third-order valence-corrected chi connectivity index (χ3v) is 5.88. The molecule has 1 aliphatic rings. The van der Waals surface area contributed by atoms with Crippen LogP contribution in [0, 0.1) is 13.8 Å². The van der Waals surface area contributed by atoms with Crippen LogP contribution in [0.2, 0.25) is 0 Å². The van der Waals surface area contributed by atoms with Crippen LogP contribution >= 0.6 is 0 Å². The van der Waals surface area contributed by atoms with Crippen molar-refractivity contribution in [2.75, 3.05) is 25.5 Å². The van der Waals surface area contributed by atoms with E-state index in [0.29, 0.717) is 12.0 Å². The predicted octanol–water partition coefficient (Wildman–Crippen LogP) is 4.48. The van der Waals surface area contributed by atoms with E-state index in [1.54, 1.807) is 0 Å². The summed E-state index contributed by atoms with van der Waals surface area (Å²) in [4.78, 5) is 20.5. The number of anilines is 1. The second kappa shape index (κ2) is 11.3. The summed E-state index contributed by atoms with van der Waals surface area (Å²) in [5.74, 6) is -2.07. The van der Waals surface area contributed by atoms with Gasteiger partial charge in [-0.05, 0) is 64.9 Å². The molecule has 0 radical (unpaired) electrons. The number of carboxylic acid groups (broad SMARTS) is 1. The molecule has 2 aromatic heterocycles. The average molecular weight is 491 g/mol. The molecule has 188 valence electrons. The first-order valence-corrected chi connectivity index (χ1v) is 11.3. The van der Waals surface area contributed by atoms with Crippen molar-refractivity contribution in [3.05, 3.63) is 54.0 Å². The van der Waals surface area contributed by atoms with Gasteiger partial charge in [0, 0.05) is 24.3 Å². The van der Waals surface area contributed by atoms with Gasteiger partial charge in [-0.25, -0.2) is 19.4 Å². The lowest BCUT2D eigenvalue weighted by molar-refractivity contribution is -0.192. The standard InChI is InChI=1S/C22H28N6.C2HF3O2/c1-16-21(17(2)28(26-16)19-8-5-4-6-9-19)20-12-14-24-22(25-20)23-13-11-18-10-7-15-27(18)3;3-2(4,5)1(6)7/h4-6,8-9,12,14,18H,7,10-11,13,15H2,1-3H3,(H,23,24,25);(H,6,7). The number of para-hydroxylation sites is 1. The summed E-state index contributed by atoms with van der Waals surface area (Å²) in [6.07, 6.45) is 0.451. The fourth-order valence-corrected chi connectivity index (χ4v) is 4.11. The number of hydrogen-bond acceptors (Lipinski definition) is 6. The van der Waals surface area contributed by atoms with Crippen LogP contribution in [0.3, 0.4) is 0 Å². The zero-order chi connectivity index (χ0) is 25.6. The summed E-state index contributed by atoms with van der Waals surface area (Å²) in [6.45, 7) is 6.22. The van der Waals surface area contributed by atoms with E-state index in [4.69, 9.17) is 20.0 Å². The number of nitrogens with one attached hydrogen (secondary N) is 1. The van der Waals surface area contributed by atoms with Gasteiger partial charge in [0.1, 0.15) is 0 Å². The van der Waals surface area contributed by atoms with Gasteiger partial charge >= 0.3 is 12.1 Å². The molecule has 1 aromatic carbocycles. The summed E-state index contributed by atoms with van der Waals surface area (Å²) in [5.41, 5.74) is 5.10. The fraction of sp³-hybridized carbons (Fsp3) is 0.417. The van der Waals surface area contributed by atoms with Crippen molar-refractivity contribution in [1.29, 1.82) is 0 Å². The van der Waals surface area contributed by atoms with Crippen molar-refractivity contribution in [3.8, 4) is 16.9 Å². The van der Waals surface area contributed by atoms with Gasteiger partial charge in [0.15, 0.2) is 0 Å². The first kappa shape index (κ1) is 26.1. The summed E-state index contributed by atoms with van der Waals surface area (Å²) in [7, 11) is 2.21. The van der Waals surface area contributed by atoms with Gasteiger partial charge in [-0.15, -0.1) is 0 Å². The van der Waals surface area contributed by atoms with Crippen LogP contribution < -0.4 is 5.32 Å². The highest BCUT2D eigenvalue weighted by atomic mass is 19.4. The molecule has 2 N–H and O–H groups in total. The van der Waals surface area contributed by atoms with Crippen LogP contribution in [-0.2, 0) is 4.79 Å². The van der Waals surface area contributed by atoms with E-state index in [1.807, 2.05) is 42.1 Å². The molecule has 8 nitrogen and oxygen atoms in total. The highest BCUT2D eigenvalue weighted by Gasteiger charge is 2.38. The SMILES string of the molecule is Cc1nn(-c2ccccc2)c(C)c1-c1ccnc(NCCC2CCCN2C)n1.O=C(O)C(F)(F)F. The predicted molar refractivity (Wildman–Crippen MR) is 127 cm³/mol. The van der Waals surface area contributed by atoms with Crippen LogP contribution in [0.15, 0.2) is 42.6 Å². The van der Waals surface area contributed by atoms with Crippen molar-refractivity contribution in [3.63, 3.8) is 0 Å². The number of aryl methyl sites for hydroxylation is 1. The van der Waals surface area contributed by atoms with E-state index >= 15 is 0 Å². The average Bonchev–Trinajstić information content (AvgIpc) is 3.36. The minimum absolute atomic E-state index is 0.671. The van der Waals surface area contributed by atoms with Gasteiger partial charge in [0.2, 0.25) is 5.95 Å². The van der Waals surface area contributed by atoms with E-state index in [-0.39, 0.29) is 0 Å². The molecule has 1 fully saturated rings. The van der Waals surface area contributed by atoms with Gasteiger partial charge in [-0.2, -0.15) is 18.3 Å². The number of benzene rings is 1. The quantitative estimate of drug-likeness (QED) is 0.526. The Balaban J connectivity index is 0.000000429. The summed E-state index contributed by atoms with van der Waals surface area (Å²) in [5, 5.41) is 15.3. The number of likely N-dealkylation sites (tertiary alicyclic amines) is 1. The summed E-state index contributed by atoms with van der Waals surface area (Å²) >= 11 is 0. The number of carbonyl (C=O) groups is 1. The zero-order valence-electron chi connectivity index (χ0n) is 19.9. The molecule has 1 unspecified atom stereocenters. The van der Waals surface area contributed by atoms with Crippen molar-refractivity contribution < 1.29 is 23.1 Å². The lowest BCUT2D eigenvalue weighted by atomic mass is 10.1. The molecule has 4 rings (SSSR count). The van der Waals surface area contributed by atoms with Crippen LogP contribution in [0.25, 0.3) is 16.9 Å². The number of rotatable bonds is 6. The lowest BCUT2D eigenvalue weighted by Gasteiger charge is -2.19. The minimum atomic E-state index is -5.08. The van der Waals surface area contributed by atoms with Gasteiger partial charge in [0.05, 0.1) is 22.8 Å². The van der Waals surface area contributed by atoms with E-state index in [0.717, 1.165) is 41.3 Å². The van der Waals surface area contributed by atoms with Crippen LogP contribution in [0.1, 0.15) is 30.7 Å². The molecule has 0 aliphatic carbocycles. The number of hydrogen-bond donors (Lipinski definition) is 2. The molecule has 0 saturated carbocycles. The maximum Gasteiger partial charge on any atom is 0.490 e. The van der Waals surface area contributed by atoms with Gasteiger partial charge in [-0.1, -0.05) is 18.2 Å². The smallest absolute Gasteiger partial charge is 0.475 e. The highest BCUT2D eigenvalue weighted by Crippen LogP contribution is 2.27. The second-order valence-corrected chi connectivity index (χ2v) is 8.35. The Bertz CT molecular complexity index is 1130. The molecule has 11 heteroatoms. The summed E-state index contributed by atoms with van der Waals surface area (Å²) in [6, 6.07) is 12.8. The van der Waals surface area contributed by atoms with E-state index in [2.05, 4.69) is 41.3 Å². The largest absolute Gasteiger partial charge is 0.490 e. The minimum Gasteiger partial charge on any atom is -0.475 e. The Kier molecular flexibility index (Phi) is 8.44. The maximum absolute atomic E-state index is 10.6. The first-order chi connectivity index (χ1) is 16.6. The van der Waals surface area contributed by atoms with Crippen molar-refractivity contribution >= 4 is 11.9 Å². The molecule has 35 heavy (non-hydrogen) atoms. The van der Waals surface area contributed by atoms with Crippen molar-refractivity contribution in [2.45, 2.75) is 45.3 Å². The Hall–Kier alpha value is -3.47. The number of carboxylic acids is 1. The topological polar surface area (TPSA) is 96.2 Å². The second-order valence-electron chi connectivity index (χ2n) is 8.35. The number of alkyl halides is 3. The Labute approximate surface area is 201 Å². The van der Waals surface area contributed by atoms with Crippen molar-refractivity contribution in [2.24, 2.45) is 0 Å². The molecule has 0 amide bonds. The lowest BCUT2D eigenvalue weighted by Crippen LogP contribution is -2.27. The molecule has 3 aromatic rings. The fourth-order valence-electron chi connectivity index (χ4n) is 4.11. The number of halogens is 3. The van der Waals surface area contributed by atoms with E-state index in [9.17, 15) is 13.2 Å². The van der Waals surface area contributed by atoms with Gasteiger partial charge < -0.3 is 15.3 Å². The third kappa shape index (κ3) is 6.78. The van der Waals surface area contributed by atoms with Gasteiger partial charge in [-0.3, -0.25) is 0 Å². The first-order valence-electron chi connectivity index (χ1n) is 11.3.